The Kier molecular flexibility index (Phi) is 7.95. The molecule has 7 heteroatoms. The Labute approximate surface area is 258 Å². The third-order valence-corrected chi connectivity index (χ3v) is 8.19. The van der Waals surface area contributed by atoms with Gasteiger partial charge < -0.3 is 23.5 Å². The maximum Gasteiger partial charge on any atom is 0.231 e. The van der Waals surface area contributed by atoms with Crippen LogP contribution in [0.15, 0.2) is 91.0 Å². The molecule has 2 aliphatic heterocycles. The largest absolute Gasteiger partial charge is 0.454 e. The lowest BCUT2D eigenvalue weighted by molar-refractivity contribution is 0.173. The molecular formula is C37H37N3O4. The topological polar surface area (TPSA) is 58.0 Å². The van der Waals surface area contributed by atoms with Gasteiger partial charge in [-0.25, -0.2) is 4.98 Å². The van der Waals surface area contributed by atoms with Crippen LogP contribution < -0.4 is 18.9 Å². The SMILES string of the molecule is CCCCn1c(-c2ccccc2)nc(-c2cccc(C)c2)c1CN(Cc1ccc2c(c1)OCO2)Cc1ccc2c(c1)OCO2. The number of benzene rings is 4. The van der Waals surface area contributed by atoms with E-state index in [0.29, 0.717) is 6.54 Å². The molecule has 0 bridgehead atoms. The van der Waals surface area contributed by atoms with E-state index in [-0.39, 0.29) is 13.6 Å². The molecule has 4 aromatic carbocycles. The number of fused-ring (bicyclic) bond motifs is 2. The zero-order valence-corrected chi connectivity index (χ0v) is 25.3. The quantitative estimate of drug-likeness (QED) is 0.156. The van der Waals surface area contributed by atoms with Crippen molar-refractivity contribution in [3.8, 4) is 45.6 Å². The Morgan fingerprint density at radius 2 is 1.32 bits per heavy atom. The van der Waals surface area contributed by atoms with Gasteiger partial charge in [-0.2, -0.15) is 0 Å². The van der Waals surface area contributed by atoms with Crippen LogP contribution in [0.25, 0.3) is 22.6 Å². The molecule has 0 aliphatic carbocycles. The van der Waals surface area contributed by atoms with E-state index in [4.69, 9.17) is 23.9 Å². The summed E-state index contributed by atoms with van der Waals surface area (Å²) in [5, 5.41) is 0. The molecule has 0 saturated heterocycles. The Balaban J connectivity index is 1.32. The molecule has 2 aliphatic rings. The van der Waals surface area contributed by atoms with Crippen LogP contribution in [0, 0.1) is 6.92 Å². The molecule has 0 radical (unpaired) electrons. The van der Waals surface area contributed by atoms with Crippen LogP contribution in [0.4, 0.5) is 0 Å². The lowest BCUT2D eigenvalue weighted by atomic mass is 10.1. The molecule has 224 valence electrons. The highest BCUT2D eigenvalue weighted by Crippen LogP contribution is 2.36. The van der Waals surface area contributed by atoms with E-state index < -0.39 is 0 Å². The van der Waals surface area contributed by atoms with E-state index in [0.717, 1.165) is 89.2 Å². The fourth-order valence-corrected chi connectivity index (χ4v) is 6.01. The molecule has 0 fully saturated rings. The van der Waals surface area contributed by atoms with Crippen molar-refractivity contribution in [3.05, 3.63) is 113 Å². The highest BCUT2D eigenvalue weighted by Gasteiger charge is 2.24. The van der Waals surface area contributed by atoms with Crippen LogP contribution in [-0.2, 0) is 26.2 Å². The predicted molar refractivity (Wildman–Crippen MR) is 171 cm³/mol. The molecule has 5 aromatic rings. The molecule has 1 aromatic heterocycles. The fraction of sp³-hybridized carbons (Fsp3) is 0.270. The molecule has 0 amide bonds. The van der Waals surface area contributed by atoms with Gasteiger partial charge in [-0.3, -0.25) is 4.90 Å². The maximum absolute atomic E-state index is 5.73. The van der Waals surface area contributed by atoms with Gasteiger partial charge >= 0.3 is 0 Å². The summed E-state index contributed by atoms with van der Waals surface area (Å²) >= 11 is 0. The molecule has 0 spiro atoms. The number of hydrogen-bond donors (Lipinski definition) is 0. The Morgan fingerprint density at radius 1 is 0.682 bits per heavy atom. The zero-order valence-electron chi connectivity index (χ0n) is 25.3. The van der Waals surface area contributed by atoms with E-state index in [1.807, 2.05) is 12.1 Å². The normalized spacial score (nSPS) is 13.2. The fourth-order valence-electron chi connectivity index (χ4n) is 6.01. The number of aromatic nitrogens is 2. The van der Waals surface area contributed by atoms with E-state index in [9.17, 15) is 0 Å². The number of aryl methyl sites for hydroxylation is 1. The van der Waals surface area contributed by atoms with Crippen LogP contribution in [0.2, 0.25) is 0 Å². The van der Waals surface area contributed by atoms with Crippen molar-refractivity contribution < 1.29 is 18.9 Å². The minimum atomic E-state index is 0.262. The number of imidazole rings is 1. The first-order chi connectivity index (χ1) is 21.6. The summed E-state index contributed by atoms with van der Waals surface area (Å²) in [7, 11) is 0. The molecule has 7 rings (SSSR count). The van der Waals surface area contributed by atoms with Crippen molar-refractivity contribution in [2.75, 3.05) is 13.6 Å². The van der Waals surface area contributed by atoms with Crippen LogP contribution >= 0.6 is 0 Å². The Morgan fingerprint density at radius 3 is 1.95 bits per heavy atom. The second-order valence-electron chi connectivity index (χ2n) is 11.5. The highest BCUT2D eigenvalue weighted by molar-refractivity contribution is 5.69. The van der Waals surface area contributed by atoms with Gasteiger partial charge in [0.15, 0.2) is 23.0 Å². The van der Waals surface area contributed by atoms with Crippen molar-refractivity contribution in [1.82, 2.24) is 14.5 Å². The van der Waals surface area contributed by atoms with Crippen LogP contribution in [0.1, 0.15) is 42.1 Å². The Bertz CT molecular complexity index is 1710. The van der Waals surface area contributed by atoms with Gasteiger partial charge in [0, 0.05) is 37.3 Å². The minimum Gasteiger partial charge on any atom is -0.454 e. The maximum atomic E-state index is 5.73. The average molecular weight is 588 g/mol. The van der Waals surface area contributed by atoms with E-state index in [1.54, 1.807) is 0 Å². The van der Waals surface area contributed by atoms with Gasteiger partial charge in [-0.15, -0.1) is 0 Å². The molecule has 0 atom stereocenters. The van der Waals surface area contributed by atoms with Gasteiger partial charge in [-0.1, -0.05) is 79.6 Å². The van der Waals surface area contributed by atoms with Crippen molar-refractivity contribution in [2.24, 2.45) is 0 Å². The van der Waals surface area contributed by atoms with Crippen molar-refractivity contribution in [2.45, 2.75) is 52.9 Å². The first-order valence-electron chi connectivity index (χ1n) is 15.4. The summed E-state index contributed by atoms with van der Waals surface area (Å²) in [4.78, 5) is 7.84. The second kappa shape index (κ2) is 12.5. The highest BCUT2D eigenvalue weighted by atomic mass is 16.7. The predicted octanol–water partition coefficient (Wildman–Crippen LogP) is 7.99. The summed E-state index contributed by atoms with van der Waals surface area (Å²) in [5.74, 6) is 4.19. The summed E-state index contributed by atoms with van der Waals surface area (Å²) < 4.78 is 25.1. The summed E-state index contributed by atoms with van der Waals surface area (Å²) in [6.07, 6.45) is 2.17. The van der Waals surface area contributed by atoms with Gasteiger partial charge in [-0.05, 0) is 54.8 Å². The minimum absolute atomic E-state index is 0.262. The lowest BCUT2D eigenvalue weighted by Crippen LogP contribution is -2.24. The number of nitrogens with zero attached hydrogens (tertiary/aromatic N) is 3. The third-order valence-electron chi connectivity index (χ3n) is 8.19. The smallest absolute Gasteiger partial charge is 0.231 e. The Hall–Kier alpha value is -4.75. The molecule has 0 N–H and O–H groups in total. The molecule has 7 nitrogen and oxygen atoms in total. The number of hydrogen-bond acceptors (Lipinski definition) is 6. The van der Waals surface area contributed by atoms with Gasteiger partial charge in [0.25, 0.3) is 0 Å². The molecular weight excluding hydrogens is 550 g/mol. The van der Waals surface area contributed by atoms with Crippen molar-refractivity contribution >= 4 is 0 Å². The lowest BCUT2D eigenvalue weighted by Gasteiger charge is -2.25. The molecule has 44 heavy (non-hydrogen) atoms. The monoisotopic (exact) mass is 587 g/mol. The van der Waals surface area contributed by atoms with E-state index in [2.05, 4.69) is 102 Å². The second-order valence-corrected chi connectivity index (χ2v) is 11.5. The van der Waals surface area contributed by atoms with Gasteiger partial charge in [0.05, 0.1) is 11.4 Å². The molecule has 3 heterocycles. The number of ether oxygens (including phenoxy) is 4. The standard InChI is InChI=1S/C37H37N3O4/c1-3-4-17-40-31(36(30-12-8-9-26(2)18-30)38-37(40)29-10-6-5-7-11-29)23-39(21-27-13-15-32-34(19-27)43-24-41-32)22-28-14-16-33-35(20-28)44-25-42-33/h5-16,18-20H,3-4,17,21-25H2,1-2H3. The average Bonchev–Trinajstić information content (AvgIpc) is 3.79. The molecule has 0 saturated carbocycles. The summed E-state index contributed by atoms with van der Waals surface area (Å²) in [6.45, 7) is 7.95. The first-order valence-corrected chi connectivity index (χ1v) is 15.4. The van der Waals surface area contributed by atoms with Gasteiger partial charge in [0.1, 0.15) is 5.82 Å². The van der Waals surface area contributed by atoms with Gasteiger partial charge in [0.2, 0.25) is 13.6 Å². The number of rotatable bonds is 11. The van der Waals surface area contributed by atoms with Crippen LogP contribution in [0.3, 0.4) is 0 Å². The first kappa shape index (κ1) is 28.0. The van der Waals surface area contributed by atoms with Crippen molar-refractivity contribution in [1.29, 1.82) is 0 Å². The van der Waals surface area contributed by atoms with Crippen LogP contribution in [-0.4, -0.2) is 28.0 Å². The van der Waals surface area contributed by atoms with E-state index in [1.165, 1.54) is 11.3 Å². The van der Waals surface area contributed by atoms with Crippen molar-refractivity contribution in [3.63, 3.8) is 0 Å². The molecule has 0 unspecified atom stereocenters. The van der Waals surface area contributed by atoms with Crippen LogP contribution in [0.5, 0.6) is 23.0 Å². The summed E-state index contributed by atoms with van der Waals surface area (Å²) in [5.41, 5.74) is 8.05. The summed E-state index contributed by atoms with van der Waals surface area (Å²) in [6, 6.07) is 31.7. The van der Waals surface area contributed by atoms with E-state index >= 15 is 0 Å². The zero-order chi connectivity index (χ0) is 29.9. The third kappa shape index (κ3) is 5.88. The number of unbranched alkanes of at least 4 members (excludes halogenated alkanes) is 1.